The summed E-state index contributed by atoms with van der Waals surface area (Å²) in [6, 6.07) is 11.1. The zero-order valence-corrected chi connectivity index (χ0v) is 13.0. The van der Waals surface area contributed by atoms with E-state index < -0.39 is 0 Å². The van der Waals surface area contributed by atoms with Crippen molar-refractivity contribution in [1.82, 2.24) is 20.4 Å². The van der Waals surface area contributed by atoms with Gasteiger partial charge >= 0.3 is 0 Å². The van der Waals surface area contributed by atoms with E-state index in [9.17, 15) is 9.59 Å². The Bertz CT molecular complexity index is 664. The van der Waals surface area contributed by atoms with E-state index in [-0.39, 0.29) is 23.6 Å². The van der Waals surface area contributed by atoms with Gasteiger partial charge in [0.2, 0.25) is 0 Å². The van der Waals surface area contributed by atoms with Crippen LogP contribution in [0.1, 0.15) is 46.4 Å². The monoisotopic (exact) mass is 300 g/mol. The van der Waals surface area contributed by atoms with Crippen molar-refractivity contribution in [2.75, 3.05) is 13.6 Å². The van der Waals surface area contributed by atoms with Gasteiger partial charge in [-0.15, -0.1) is 0 Å². The molecule has 116 valence electrons. The van der Waals surface area contributed by atoms with Crippen LogP contribution in [0.2, 0.25) is 0 Å². The minimum absolute atomic E-state index is 0.155. The third kappa shape index (κ3) is 3.16. The Hall–Kier alpha value is -2.63. The number of hydrogen-bond acceptors (Lipinski definition) is 3. The zero-order chi connectivity index (χ0) is 16.1. The minimum Gasteiger partial charge on any atom is -0.354 e. The summed E-state index contributed by atoms with van der Waals surface area (Å²) in [5.74, 6) is -0.558. The van der Waals surface area contributed by atoms with E-state index in [0.29, 0.717) is 12.2 Å². The summed E-state index contributed by atoms with van der Waals surface area (Å²) < 4.78 is 1.59. The Morgan fingerprint density at radius 1 is 1.23 bits per heavy atom. The minimum atomic E-state index is -0.315. The van der Waals surface area contributed by atoms with Gasteiger partial charge in [-0.1, -0.05) is 30.3 Å². The molecule has 1 aromatic heterocycles. The molecular formula is C16H20N4O2. The number of nitrogens with zero attached hydrogens (tertiary/aromatic N) is 2. The fourth-order valence-electron chi connectivity index (χ4n) is 2.22. The number of hydrogen-bond donors (Lipinski definition) is 2. The largest absolute Gasteiger partial charge is 0.354 e. The molecular weight excluding hydrogens is 280 g/mol. The van der Waals surface area contributed by atoms with Crippen molar-refractivity contribution in [2.24, 2.45) is 0 Å². The number of nitrogens with one attached hydrogen (secondary N) is 2. The van der Waals surface area contributed by atoms with Crippen molar-refractivity contribution in [3.05, 3.63) is 53.3 Å². The number of amides is 2. The van der Waals surface area contributed by atoms with Crippen molar-refractivity contribution in [2.45, 2.75) is 19.9 Å². The Morgan fingerprint density at radius 2 is 1.91 bits per heavy atom. The fraction of sp³-hybridized carbons (Fsp3) is 0.312. The lowest BCUT2D eigenvalue weighted by molar-refractivity contribution is 0.0940. The highest BCUT2D eigenvalue weighted by Gasteiger charge is 2.22. The number of carbonyl (C=O) groups excluding carboxylic acids is 2. The molecule has 0 spiro atoms. The lowest BCUT2D eigenvalue weighted by Gasteiger charge is -2.15. The highest BCUT2D eigenvalue weighted by atomic mass is 16.2. The van der Waals surface area contributed by atoms with Crippen LogP contribution in [0.5, 0.6) is 0 Å². The first-order valence-corrected chi connectivity index (χ1v) is 7.23. The van der Waals surface area contributed by atoms with Crippen molar-refractivity contribution >= 4 is 11.8 Å². The maximum Gasteiger partial charge on any atom is 0.271 e. The van der Waals surface area contributed by atoms with Crippen molar-refractivity contribution in [1.29, 1.82) is 0 Å². The molecule has 2 rings (SSSR count). The molecule has 0 unspecified atom stereocenters. The fourth-order valence-corrected chi connectivity index (χ4v) is 2.22. The summed E-state index contributed by atoms with van der Waals surface area (Å²) in [5.41, 5.74) is 1.61. The second-order valence-corrected chi connectivity index (χ2v) is 4.88. The zero-order valence-electron chi connectivity index (χ0n) is 13.0. The quantitative estimate of drug-likeness (QED) is 0.880. The molecule has 6 nitrogen and oxygen atoms in total. The van der Waals surface area contributed by atoms with Crippen LogP contribution in [0, 0.1) is 0 Å². The van der Waals surface area contributed by atoms with Gasteiger partial charge in [0.05, 0.1) is 6.04 Å². The lowest BCUT2D eigenvalue weighted by atomic mass is 10.1. The molecule has 2 aromatic rings. The molecule has 0 aliphatic carbocycles. The topological polar surface area (TPSA) is 76.0 Å². The van der Waals surface area contributed by atoms with E-state index in [0.717, 1.165) is 5.56 Å². The van der Waals surface area contributed by atoms with Gasteiger partial charge in [0.15, 0.2) is 5.69 Å². The van der Waals surface area contributed by atoms with Gasteiger partial charge in [-0.3, -0.25) is 14.3 Å². The highest BCUT2D eigenvalue weighted by molar-refractivity contribution is 5.97. The van der Waals surface area contributed by atoms with Crippen LogP contribution in [0.3, 0.4) is 0 Å². The van der Waals surface area contributed by atoms with E-state index in [2.05, 4.69) is 15.7 Å². The van der Waals surface area contributed by atoms with E-state index >= 15 is 0 Å². The number of carbonyl (C=O) groups is 2. The first kappa shape index (κ1) is 15.8. The second-order valence-electron chi connectivity index (χ2n) is 4.88. The average Bonchev–Trinajstić information content (AvgIpc) is 2.99. The van der Waals surface area contributed by atoms with Gasteiger partial charge in [0, 0.05) is 19.7 Å². The normalized spacial score (nSPS) is 11.8. The average molecular weight is 300 g/mol. The van der Waals surface area contributed by atoms with Gasteiger partial charge in [0.25, 0.3) is 11.8 Å². The lowest BCUT2D eigenvalue weighted by Crippen LogP contribution is -2.27. The molecule has 0 saturated carbocycles. The number of benzene rings is 1. The standard InChI is InChI=1S/C16H20N4O2/c1-4-18-16(22)14-10-13(15(21)17-3)19-20(14)11(2)12-8-6-5-7-9-12/h5-11H,4H2,1-3H3,(H,17,21)(H,18,22)/t11-/m0/s1. The summed E-state index contributed by atoms with van der Waals surface area (Å²) in [5, 5.41) is 9.58. The Kier molecular flexibility index (Phi) is 4.93. The van der Waals surface area contributed by atoms with Crippen LogP contribution < -0.4 is 10.6 Å². The molecule has 0 saturated heterocycles. The van der Waals surface area contributed by atoms with Gasteiger partial charge in [-0.2, -0.15) is 5.10 Å². The van der Waals surface area contributed by atoms with Gasteiger partial charge in [-0.25, -0.2) is 0 Å². The number of aromatic nitrogens is 2. The maximum absolute atomic E-state index is 12.2. The third-order valence-corrected chi connectivity index (χ3v) is 3.41. The Balaban J connectivity index is 2.45. The molecule has 0 fully saturated rings. The Morgan fingerprint density at radius 3 is 2.50 bits per heavy atom. The van der Waals surface area contributed by atoms with Crippen LogP contribution >= 0.6 is 0 Å². The summed E-state index contributed by atoms with van der Waals surface area (Å²) in [6.07, 6.45) is 0. The molecule has 2 N–H and O–H groups in total. The second kappa shape index (κ2) is 6.89. The van der Waals surface area contributed by atoms with E-state index in [1.807, 2.05) is 44.2 Å². The van der Waals surface area contributed by atoms with Crippen molar-refractivity contribution in [3.8, 4) is 0 Å². The maximum atomic E-state index is 12.2. The van der Waals surface area contributed by atoms with Gasteiger partial charge in [-0.05, 0) is 19.4 Å². The smallest absolute Gasteiger partial charge is 0.271 e. The molecule has 6 heteroatoms. The first-order valence-electron chi connectivity index (χ1n) is 7.23. The van der Waals surface area contributed by atoms with E-state index in [1.54, 1.807) is 4.68 Å². The van der Waals surface area contributed by atoms with Crippen molar-refractivity contribution < 1.29 is 9.59 Å². The predicted octanol–water partition coefficient (Wildman–Crippen LogP) is 1.60. The molecule has 22 heavy (non-hydrogen) atoms. The van der Waals surface area contributed by atoms with E-state index in [4.69, 9.17) is 0 Å². The van der Waals surface area contributed by atoms with Crippen LogP contribution in [0.25, 0.3) is 0 Å². The summed E-state index contributed by atoms with van der Waals surface area (Å²) in [7, 11) is 1.54. The predicted molar refractivity (Wildman–Crippen MR) is 83.9 cm³/mol. The van der Waals surface area contributed by atoms with Gasteiger partial charge < -0.3 is 10.6 Å². The SMILES string of the molecule is CCNC(=O)c1cc(C(=O)NC)nn1[C@@H](C)c1ccccc1. The van der Waals surface area contributed by atoms with Crippen LogP contribution in [-0.4, -0.2) is 35.2 Å². The summed E-state index contributed by atoms with van der Waals surface area (Å²) >= 11 is 0. The molecule has 0 aliphatic heterocycles. The van der Waals surface area contributed by atoms with Gasteiger partial charge in [0.1, 0.15) is 5.69 Å². The summed E-state index contributed by atoms with van der Waals surface area (Å²) in [6.45, 7) is 4.30. The molecule has 0 aliphatic rings. The van der Waals surface area contributed by atoms with Crippen LogP contribution in [0.15, 0.2) is 36.4 Å². The van der Waals surface area contributed by atoms with Crippen LogP contribution in [0.4, 0.5) is 0 Å². The molecule has 1 atom stereocenters. The number of rotatable bonds is 5. The first-order chi connectivity index (χ1) is 10.6. The third-order valence-electron chi connectivity index (χ3n) is 3.41. The molecule has 1 heterocycles. The molecule has 0 bridgehead atoms. The summed E-state index contributed by atoms with van der Waals surface area (Å²) in [4.78, 5) is 24.0. The van der Waals surface area contributed by atoms with Crippen molar-refractivity contribution in [3.63, 3.8) is 0 Å². The van der Waals surface area contributed by atoms with Crippen LogP contribution in [-0.2, 0) is 0 Å². The molecule has 2 amide bonds. The Labute approximate surface area is 129 Å². The molecule has 0 radical (unpaired) electrons. The molecule has 1 aromatic carbocycles. The van der Waals surface area contributed by atoms with E-state index in [1.165, 1.54) is 13.1 Å². The highest BCUT2D eigenvalue weighted by Crippen LogP contribution is 2.20.